The Morgan fingerprint density at radius 2 is 2.18 bits per heavy atom. The van der Waals surface area contributed by atoms with Crippen molar-refractivity contribution in [1.82, 2.24) is 5.32 Å². The van der Waals surface area contributed by atoms with Gasteiger partial charge in [0.25, 0.3) is 0 Å². The quantitative estimate of drug-likeness (QED) is 0.609. The van der Waals surface area contributed by atoms with E-state index in [0.29, 0.717) is 0 Å². The molecule has 0 bridgehead atoms. The molecule has 0 aliphatic carbocycles. The minimum absolute atomic E-state index is 0.0700. The van der Waals surface area contributed by atoms with Gasteiger partial charge in [-0.05, 0) is 5.92 Å². The van der Waals surface area contributed by atoms with Gasteiger partial charge < -0.3 is 20.9 Å². The Morgan fingerprint density at radius 1 is 1.53 bits per heavy atom. The second-order valence-corrected chi connectivity index (χ2v) is 4.51. The van der Waals surface area contributed by atoms with Crippen LogP contribution in [0.4, 0.5) is 0 Å². The Morgan fingerprint density at radius 3 is 2.71 bits per heavy atom. The van der Waals surface area contributed by atoms with Gasteiger partial charge in [0.2, 0.25) is 5.91 Å². The SMILES string of the molecule is CCC(C)[C@H](N)C(=O)NC1COCC1C(=O)O. The van der Waals surface area contributed by atoms with Gasteiger partial charge in [-0.25, -0.2) is 0 Å². The van der Waals surface area contributed by atoms with Gasteiger partial charge in [0, 0.05) is 0 Å². The van der Waals surface area contributed by atoms with Crippen molar-refractivity contribution in [2.45, 2.75) is 32.4 Å². The number of rotatable bonds is 5. The van der Waals surface area contributed by atoms with E-state index in [2.05, 4.69) is 5.32 Å². The number of carbonyl (C=O) groups is 2. The number of aliphatic carboxylic acids is 1. The van der Waals surface area contributed by atoms with Gasteiger partial charge in [-0.15, -0.1) is 0 Å². The van der Waals surface area contributed by atoms with Crippen molar-refractivity contribution in [2.24, 2.45) is 17.6 Å². The van der Waals surface area contributed by atoms with Crippen LogP contribution in [0.15, 0.2) is 0 Å². The van der Waals surface area contributed by atoms with Crippen LogP contribution in [0.5, 0.6) is 0 Å². The van der Waals surface area contributed by atoms with E-state index < -0.39 is 24.0 Å². The highest BCUT2D eigenvalue weighted by molar-refractivity contribution is 5.83. The van der Waals surface area contributed by atoms with Crippen molar-refractivity contribution in [3.8, 4) is 0 Å². The zero-order valence-electron chi connectivity index (χ0n) is 10.2. The highest BCUT2D eigenvalue weighted by atomic mass is 16.5. The summed E-state index contributed by atoms with van der Waals surface area (Å²) in [6.45, 7) is 4.22. The largest absolute Gasteiger partial charge is 0.481 e. The summed E-state index contributed by atoms with van der Waals surface area (Å²) in [4.78, 5) is 22.7. The molecule has 4 N–H and O–H groups in total. The second-order valence-electron chi connectivity index (χ2n) is 4.51. The zero-order chi connectivity index (χ0) is 13.0. The molecule has 4 atom stereocenters. The molecule has 0 spiro atoms. The molecule has 1 fully saturated rings. The second kappa shape index (κ2) is 5.97. The van der Waals surface area contributed by atoms with Gasteiger partial charge >= 0.3 is 5.97 Å². The van der Waals surface area contributed by atoms with E-state index in [-0.39, 0.29) is 25.0 Å². The number of nitrogens with one attached hydrogen (secondary N) is 1. The van der Waals surface area contributed by atoms with Gasteiger partial charge in [-0.1, -0.05) is 20.3 Å². The summed E-state index contributed by atoms with van der Waals surface area (Å²) in [5, 5.41) is 11.6. The fourth-order valence-electron chi connectivity index (χ4n) is 1.73. The maximum Gasteiger partial charge on any atom is 0.311 e. The minimum atomic E-state index is -0.954. The Kier molecular flexibility index (Phi) is 4.89. The van der Waals surface area contributed by atoms with Gasteiger partial charge in [0.05, 0.1) is 25.3 Å². The standard InChI is InChI=1S/C11H20N2O4/c1-3-6(2)9(12)10(14)13-8-5-17-4-7(8)11(15)16/h6-9H,3-5,12H2,1-2H3,(H,13,14)(H,15,16)/t6?,7?,8?,9-/m0/s1. The third kappa shape index (κ3) is 3.41. The highest BCUT2D eigenvalue weighted by Gasteiger charge is 2.36. The molecule has 1 amide bonds. The molecule has 0 aromatic heterocycles. The summed E-state index contributed by atoms with van der Waals surface area (Å²) in [6, 6.07) is -1.08. The summed E-state index contributed by atoms with van der Waals surface area (Å²) >= 11 is 0. The summed E-state index contributed by atoms with van der Waals surface area (Å²) in [5.41, 5.74) is 5.77. The first kappa shape index (κ1) is 13.9. The van der Waals surface area contributed by atoms with E-state index in [1.807, 2.05) is 13.8 Å². The smallest absolute Gasteiger partial charge is 0.311 e. The zero-order valence-corrected chi connectivity index (χ0v) is 10.2. The lowest BCUT2D eigenvalue weighted by Gasteiger charge is -2.21. The summed E-state index contributed by atoms with van der Waals surface area (Å²) in [6.07, 6.45) is 0.804. The minimum Gasteiger partial charge on any atom is -0.481 e. The molecule has 0 radical (unpaired) electrons. The van der Waals surface area contributed by atoms with Crippen LogP contribution < -0.4 is 11.1 Å². The maximum absolute atomic E-state index is 11.8. The number of nitrogens with two attached hydrogens (primary N) is 1. The molecule has 0 saturated carbocycles. The maximum atomic E-state index is 11.8. The Bertz CT molecular complexity index is 295. The van der Waals surface area contributed by atoms with Crippen molar-refractivity contribution in [2.75, 3.05) is 13.2 Å². The van der Waals surface area contributed by atoms with Crippen LogP contribution >= 0.6 is 0 Å². The van der Waals surface area contributed by atoms with Crippen molar-refractivity contribution in [3.05, 3.63) is 0 Å². The van der Waals surface area contributed by atoms with Crippen LogP contribution in [0.3, 0.4) is 0 Å². The molecule has 1 rings (SSSR count). The first-order valence-corrected chi connectivity index (χ1v) is 5.83. The molecule has 1 aliphatic heterocycles. The third-order valence-electron chi connectivity index (χ3n) is 3.29. The molecular formula is C11H20N2O4. The van der Waals surface area contributed by atoms with E-state index in [1.54, 1.807) is 0 Å². The van der Waals surface area contributed by atoms with E-state index in [0.717, 1.165) is 6.42 Å². The molecule has 98 valence electrons. The van der Waals surface area contributed by atoms with Crippen LogP contribution in [-0.2, 0) is 14.3 Å². The van der Waals surface area contributed by atoms with Gasteiger partial charge in [0.1, 0.15) is 5.92 Å². The van der Waals surface area contributed by atoms with E-state index in [4.69, 9.17) is 15.6 Å². The molecule has 17 heavy (non-hydrogen) atoms. The molecule has 0 aromatic rings. The van der Waals surface area contributed by atoms with Crippen molar-refractivity contribution >= 4 is 11.9 Å². The normalized spacial score (nSPS) is 27.5. The number of ether oxygens (including phenoxy) is 1. The first-order valence-electron chi connectivity index (χ1n) is 5.83. The predicted octanol–water partition coefficient (Wildman–Crippen LogP) is -0.424. The molecule has 1 heterocycles. The Balaban J connectivity index is 2.53. The fourth-order valence-corrected chi connectivity index (χ4v) is 1.73. The average Bonchev–Trinajstić information content (AvgIpc) is 2.75. The first-order chi connectivity index (χ1) is 7.97. The van der Waals surface area contributed by atoms with Crippen LogP contribution in [0.25, 0.3) is 0 Å². The number of hydrogen-bond donors (Lipinski definition) is 3. The molecule has 6 heteroatoms. The lowest BCUT2D eigenvalue weighted by atomic mass is 9.98. The lowest BCUT2D eigenvalue weighted by molar-refractivity contribution is -0.142. The Hall–Kier alpha value is -1.14. The van der Waals surface area contributed by atoms with E-state index in [1.165, 1.54) is 0 Å². The molecule has 0 aromatic carbocycles. The summed E-state index contributed by atoms with van der Waals surface area (Å²) in [5.74, 6) is -1.87. The number of carbonyl (C=O) groups excluding carboxylic acids is 1. The predicted molar refractivity (Wildman–Crippen MR) is 61.3 cm³/mol. The number of hydrogen-bond acceptors (Lipinski definition) is 4. The molecule has 1 saturated heterocycles. The summed E-state index contributed by atoms with van der Waals surface area (Å²) in [7, 11) is 0. The van der Waals surface area contributed by atoms with Crippen molar-refractivity contribution < 1.29 is 19.4 Å². The molecule has 3 unspecified atom stereocenters. The van der Waals surface area contributed by atoms with Gasteiger partial charge in [-0.3, -0.25) is 9.59 Å². The van der Waals surface area contributed by atoms with E-state index >= 15 is 0 Å². The van der Waals surface area contributed by atoms with Crippen LogP contribution in [0, 0.1) is 11.8 Å². The number of amides is 1. The van der Waals surface area contributed by atoms with Crippen LogP contribution in [0.1, 0.15) is 20.3 Å². The van der Waals surface area contributed by atoms with Crippen molar-refractivity contribution in [1.29, 1.82) is 0 Å². The van der Waals surface area contributed by atoms with Gasteiger partial charge in [0.15, 0.2) is 0 Å². The van der Waals surface area contributed by atoms with E-state index in [9.17, 15) is 9.59 Å². The number of carboxylic acids is 1. The molecule has 6 nitrogen and oxygen atoms in total. The summed E-state index contributed by atoms with van der Waals surface area (Å²) < 4.78 is 5.06. The lowest BCUT2D eigenvalue weighted by Crippen LogP contribution is -2.51. The van der Waals surface area contributed by atoms with Crippen molar-refractivity contribution in [3.63, 3.8) is 0 Å². The van der Waals surface area contributed by atoms with Gasteiger partial charge in [-0.2, -0.15) is 0 Å². The molecular weight excluding hydrogens is 224 g/mol. The van der Waals surface area contributed by atoms with Crippen LogP contribution in [-0.4, -0.2) is 42.3 Å². The number of carboxylic acid groups (broad SMARTS) is 1. The topological polar surface area (TPSA) is 102 Å². The fraction of sp³-hybridized carbons (Fsp3) is 0.818. The molecule has 1 aliphatic rings. The Labute approximate surface area is 101 Å². The third-order valence-corrected chi connectivity index (χ3v) is 3.29. The average molecular weight is 244 g/mol. The highest BCUT2D eigenvalue weighted by Crippen LogP contribution is 2.14. The monoisotopic (exact) mass is 244 g/mol. The van der Waals surface area contributed by atoms with Crippen LogP contribution in [0.2, 0.25) is 0 Å².